The minimum atomic E-state index is -0.810. The van der Waals surface area contributed by atoms with Crippen molar-refractivity contribution in [3.8, 4) is 0 Å². The van der Waals surface area contributed by atoms with Crippen LogP contribution in [0.1, 0.15) is 213 Å². The van der Waals surface area contributed by atoms with Gasteiger partial charge in [-0.25, -0.2) is 0 Å². The first kappa shape index (κ1) is 55.6. The number of carbonyl (C=O) groups is 3. The molecule has 6 nitrogen and oxygen atoms in total. The van der Waals surface area contributed by atoms with Crippen LogP contribution in [0.5, 0.6) is 0 Å². The summed E-state index contributed by atoms with van der Waals surface area (Å²) in [4.78, 5) is 37.7. The van der Waals surface area contributed by atoms with Gasteiger partial charge in [0.15, 0.2) is 6.10 Å². The number of carbonyl (C=O) groups excluding carboxylic acids is 3. The highest BCUT2D eigenvalue weighted by Crippen LogP contribution is 2.13. The summed E-state index contributed by atoms with van der Waals surface area (Å²) in [6.45, 7) is 6.29. The summed E-state index contributed by atoms with van der Waals surface area (Å²) >= 11 is 0. The van der Waals surface area contributed by atoms with E-state index in [0.29, 0.717) is 19.3 Å². The second kappa shape index (κ2) is 47.3. The van der Waals surface area contributed by atoms with E-state index in [1.807, 2.05) is 36.5 Å². The molecule has 0 saturated heterocycles. The summed E-state index contributed by atoms with van der Waals surface area (Å²) in [5.74, 6) is -0.994. The predicted molar refractivity (Wildman–Crippen MR) is 251 cm³/mol. The Kier molecular flexibility index (Phi) is 44.5. The summed E-state index contributed by atoms with van der Waals surface area (Å²) < 4.78 is 16.6. The molecule has 0 radical (unpaired) electrons. The highest BCUT2D eigenvalue weighted by Gasteiger charge is 2.19. The van der Waals surface area contributed by atoms with E-state index < -0.39 is 6.10 Å². The summed E-state index contributed by atoms with van der Waals surface area (Å²) in [5.41, 5.74) is 0. The zero-order chi connectivity index (χ0) is 43.0. The minimum absolute atomic E-state index is 0.106. The fourth-order valence-corrected chi connectivity index (χ4v) is 6.37. The molecule has 1 unspecified atom stereocenters. The van der Waals surface area contributed by atoms with Gasteiger partial charge < -0.3 is 14.2 Å². The lowest BCUT2D eigenvalue weighted by Gasteiger charge is -2.18. The van der Waals surface area contributed by atoms with Crippen LogP contribution in [0.3, 0.4) is 0 Å². The lowest BCUT2D eigenvalue weighted by Crippen LogP contribution is -2.30. The van der Waals surface area contributed by atoms with Gasteiger partial charge in [-0.15, -0.1) is 0 Å². The molecule has 0 rings (SSSR count). The minimum Gasteiger partial charge on any atom is -0.462 e. The van der Waals surface area contributed by atoms with Crippen molar-refractivity contribution in [3.63, 3.8) is 0 Å². The lowest BCUT2D eigenvalue weighted by molar-refractivity contribution is -0.167. The quantitative estimate of drug-likeness (QED) is 0.0201. The molecule has 0 heterocycles. The monoisotopic (exact) mass is 821 g/mol. The van der Waals surface area contributed by atoms with Crippen LogP contribution in [0, 0.1) is 0 Å². The van der Waals surface area contributed by atoms with E-state index in [2.05, 4.69) is 69.4 Å². The first-order chi connectivity index (χ1) is 29.0. The molecule has 0 aromatic carbocycles. The molecule has 0 aliphatic heterocycles. The molecule has 0 N–H and O–H groups in total. The standard InChI is InChI=1S/C53H88O6/c1-4-7-10-13-16-19-21-23-24-25-26-27-28-30-31-34-37-40-43-46-52(55)58-49-50(48-57-51(54)45-42-39-36-33-18-15-12-9-6-3)59-53(56)47-44-41-38-35-32-29-22-20-17-14-11-8-5-2/h8-9,11-12,14,17-18,20,22,25-26,29,32-33,50H,4-7,10,13,15-16,19,21,23-24,27-28,30-31,34-49H2,1-3H3/b11-8-,12-9-,17-14-,22-20-,26-25-,32-29-,33-18-. The van der Waals surface area contributed by atoms with Gasteiger partial charge in [-0.05, 0) is 89.9 Å². The van der Waals surface area contributed by atoms with Gasteiger partial charge in [0, 0.05) is 19.3 Å². The maximum absolute atomic E-state index is 12.7. The molecule has 0 saturated carbocycles. The van der Waals surface area contributed by atoms with Crippen LogP contribution in [-0.2, 0) is 28.6 Å². The number of rotatable bonds is 42. The maximum Gasteiger partial charge on any atom is 0.306 e. The SMILES string of the molecule is CC\C=C/C=C\C=C/C=C\CCCCCC(=O)OC(COC(=O)CCCC/C=C\C/C=C\CC)COC(=O)CCCCCCCCC/C=C\CCCCCCCCCC. The molecule has 1 atom stereocenters. The van der Waals surface area contributed by atoms with Gasteiger partial charge in [0.05, 0.1) is 0 Å². The third-order valence-electron chi connectivity index (χ3n) is 9.96. The van der Waals surface area contributed by atoms with Crippen LogP contribution in [0.2, 0.25) is 0 Å². The van der Waals surface area contributed by atoms with Gasteiger partial charge in [-0.2, -0.15) is 0 Å². The van der Waals surface area contributed by atoms with Crippen molar-refractivity contribution >= 4 is 17.9 Å². The van der Waals surface area contributed by atoms with Gasteiger partial charge in [0.1, 0.15) is 13.2 Å². The predicted octanol–water partition coefficient (Wildman–Crippen LogP) is 15.6. The van der Waals surface area contributed by atoms with Crippen molar-refractivity contribution in [2.24, 2.45) is 0 Å². The van der Waals surface area contributed by atoms with E-state index in [0.717, 1.165) is 77.0 Å². The Hall–Kier alpha value is -3.41. The summed E-state index contributed by atoms with van der Waals surface area (Å²) in [7, 11) is 0. The number of allylic oxidation sites excluding steroid dienone is 14. The summed E-state index contributed by atoms with van der Waals surface area (Å²) in [6, 6.07) is 0. The Morgan fingerprint density at radius 1 is 0.373 bits per heavy atom. The fourth-order valence-electron chi connectivity index (χ4n) is 6.37. The van der Waals surface area contributed by atoms with Crippen molar-refractivity contribution in [2.45, 2.75) is 219 Å². The maximum atomic E-state index is 12.7. The van der Waals surface area contributed by atoms with Crippen LogP contribution >= 0.6 is 0 Å². The second-order valence-electron chi connectivity index (χ2n) is 15.7. The normalized spacial score (nSPS) is 12.8. The van der Waals surface area contributed by atoms with Gasteiger partial charge in [0.25, 0.3) is 0 Å². The van der Waals surface area contributed by atoms with Gasteiger partial charge in [-0.3, -0.25) is 14.4 Å². The summed E-state index contributed by atoms with van der Waals surface area (Å²) in [6.07, 6.45) is 60.2. The van der Waals surface area contributed by atoms with Gasteiger partial charge >= 0.3 is 17.9 Å². The molecule has 0 spiro atoms. The zero-order valence-corrected chi connectivity index (χ0v) is 38.2. The van der Waals surface area contributed by atoms with Crippen LogP contribution < -0.4 is 0 Å². The molecular weight excluding hydrogens is 733 g/mol. The number of unbranched alkanes of at least 4 members (excludes halogenated alkanes) is 20. The Balaban J connectivity index is 4.38. The molecular formula is C53H88O6. The van der Waals surface area contributed by atoms with Crippen LogP contribution in [0.15, 0.2) is 85.1 Å². The Labute approximate surface area is 363 Å². The number of hydrogen-bond acceptors (Lipinski definition) is 6. The van der Waals surface area contributed by atoms with Gasteiger partial charge in [0.2, 0.25) is 0 Å². The zero-order valence-electron chi connectivity index (χ0n) is 38.2. The Morgan fingerprint density at radius 2 is 0.746 bits per heavy atom. The van der Waals surface area contributed by atoms with E-state index in [-0.39, 0.29) is 37.5 Å². The highest BCUT2D eigenvalue weighted by atomic mass is 16.6. The van der Waals surface area contributed by atoms with E-state index >= 15 is 0 Å². The smallest absolute Gasteiger partial charge is 0.306 e. The Morgan fingerprint density at radius 3 is 1.29 bits per heavy atom. The average Bonchev–Trinajstić information content (AvgIpc) is 3.23. The van der Waals surface area contributed by atoms with Crippen LogP contribution in [-0.4, -0.2) is 37.2 Å². The van der Waals surface area contributed by atoms with Crippen molar-refractivity contribution in [2.75, 3.05) is 13.2 Å². The Bertz CT molecular complexity index is 1170. The van der Waals surface area contributed by atoms with Crippen LogP contribution in [0.25, 0.3) is 0 Å². The third-order valence-corrected chi connectivity index (χ3v) is 9.96. The van der Waals surface area contributed by atoms with E-state index in [1.54, 1.807) is 0 Å². The van der Waals surface area contributed by atoms with Crippen LogP contribution in [0.4, 0.5) is 0 Å². The average molecular weight is 821 g/mol. The van der Waals surface area contributed by atoms with Crippen molar-refractivity contribution < 1.29 is 28.6 Å². The lowest BCUT2D eigenvalue weighted by atomic mass is 10.1. The van der Waals surface area contributed by atoms with Crippen molar-refractivity contribution in [1.82, 2.24) is 0 Å². The van der Waals surface area contributed by atoms with Crippen molar-refractivity contribution in [1.29, 1.82) is 0 Å². The molecule has 6 heteroatoms. The largest absolute Gasteiger partial charge is 0.462 e. The topological polar surface area (TPSA) is 78.9 Å². The number of hydrogen-bond donors (Lipinski definition) is 0. The molecule has 0 fully saturated rings. The van der Waals surface area contributed by atoms with Gasteiger partial charge in [-0.1, -0.05) is 189 Å². The number of esters is 3. The molecule has 336 valence electrons. The molecule has 0 aliphatic carbocycles. The number of ether oxygens (including phenoxy) is 3. The highest BCUT2D eigenvalue weighted by molar-refractivity contribution is 5.71. The van der Waals surface area contributed by atoms with Crippen molar-refractivity contribution in [3.05, 3.63) is 85.1 Å². The first-order valence-electron chi connectivity index (χ1n) is 24.1. The first-order valence-corrected chi connectivity index (χ1v) is 24.1. The van der Waals surface area contributed by atoms with E-state index in [9.17, 15) is 14.4 Å². The third kappa shape index (κ3) is 45.5. The summed E-state index contributed by atoms with van der Waals surface area (Å²) in [5, 5.41) is 0. The second-order valence-corrected chi connectivity index (χ2v) is 15.7. The van der Waals surface area contributed by atoms with E-state index in [4.69, 9.17) is 14.2 Å². The molecule has 59 heavy (non-hydrogen) atoms. The molecule has 0 bridgehead atoms. The molecule has 0 aromatic rings. The fraction of sp³-hybridized carbons (Fsp3) is 0.679. The molecule has 0 aliphatic rings. The molecule has 0 amide bonds. The van der Waals surface area contributed by atoms with E-state index in [1.165, 1.54) is 89.9 Å². The molecule has 0 aromatic heterocycles.